The number of aromatic nitrogens is 3. The summed E-state index contributed by atoms with van der Waals surface area (Å²) in [7, 11) is 0. The van der Waals surface area contributed by atoms with Crippen molar-refractivity contribution in [2.24, 2.45) is 0 Å². The van der Waals surface area contributed by atoms with Crippen molar-refractivity contribution in [2.45, 2.75) is 32.6 Å². The molecule has 0 spiro atoms. The molecule has 0 aromatic carbocycles. The van der Waals surface area contributed by atoms with Crippen molar-refractivity contribution in [3.05, 3.63) is 35.2 Å². The van der Waals surface area contributed by atoms with Crippen LogP contribution in [0.4, 0.5) is 0 Å². The molecule has 2 aromatic rings. The van der Waals surface area contributed by atoms with Gasteiger partial charge in [0.25, 0.3) is 0 Å². The second-order valence-corrected chi connectivity index (χ2v) is 5.43. The second-order valence-electron chi connectivity index (χ2n) is 4.52. The topological polar surface area (TPSA) is 47.9 Å². The molecule has 106 valence electrons. The minimum atomic E-state index is 0.655. The van der Waals surface area contributed by atoms with Crippen LogP contribution in [0.5, 0.6) is 5.88 Å². The first-order valence-corrected chi connectivity index (χ1v) is 7.65. The minimum absolute atomic E-state index is 0.655. The molecule has 0 radical (unpaired) electrons. The van der Waals surface area contributed by atoms with Crippen LogP contribution < -0.4 is 4.74 Å². The van der Waals surface area contributed by atoms with E-state index in [0.29, 0.717) is 11.7 Å². The van der Waals surface area contributed by atoms with Crippen LogP contribution in [0.15, 0.2) is 35.2 Å². The first-order valence-electron chi connectivity index (χ1n) is 6.86. The van der Waals surface area contributed by atoms with Crippen molar-refractivity contribution in [1.29, 1.82) is 0 Å². The van der Waals surface area contributed by atoms with Crippen molar-refractivity contribution in [2.75, 3.05) is 6.61 Å². The normalized spacial score (nSPS) is 10.5. The summed E-state index contributed by atoms with van der Waals surface area (Å²) < 4.78 is 6.47. The van der Waals surface area contributed by atoms with Crippen LogP contribution in [0.2, 0.25) is 0 Å². The molecule has 4 nitrogen and oxygen atoms in total. The highest BCUT2D eigenvalue weighted by molar-refractivity contribution is 9.10. The summed E-state index contributed by atoms with van der Waals surface area (Å²) in [5, 5.41) is 0. The highest BCUT2D eigenvalue weighted by Crippen LogP contribution is 2.17. The van der Waals surface area contributed by atoms with Crippen LogP contribution in [-0.4, -0.2) is 21.6 Å². The second kappa shape index (κ2) is 7.94. The maximum atomic E-state index is 5.60. The van der Waals surface area contributed by atoms with Crippen LogP contribution >= 0.6 is 15.9 Å². The van der Waals surface area contributed by atoms with Gasteiger partial charge >= 0.3 is 0 Å². The Bertz CT molecular complexity index is 514. The Morgan fingerprint density at radius 1 is 1.00 bits per heavy atom. The number of halogens is 1. The maximum Gasteiger partial charge on any atom is 0.213 e. The van der Waals surface area contributed by atoms with Crippen molar-refractivity contribution in [1.82, 2.24) is 15.0 Å². The Balaban J connectivity index is 1.88. The fourth-order valence-corrected chi connectivity index (χ4v) is 1.97. The SMILES string of the molecule is CCCCCCOc1ccc(-c2ncc(Br)cn2)cn1. The largest absolute Gasteiger partial charge is 0.478 e. The van der Waals surface area contributed by atoms with E-state index < -0.39 is 0 Å². The summed E-state index contributed by atoms with van der Waals surface area (Å²) in [5.41, 5.74) is 0.885. The van der Waals surface area contributed by atoms with Crippen LogP contribution in [-0.2, 0) is 0 Å². The van der Waals surface area contributed by atoms with Gasteiger partial charge in [-0.15, -0.1) is 0 Å². The first kappa shape index (κ1) is 14.9. The maximum absolute atomic E-state index is 5.60. The molecule has 0 aliphatic heterocycles. The van der Waals surface area contributed by atoms with Gasteiger partial charge in [-0.05, 0) is 28.4 Å². The molecule has 0 unspecified atom stereocenters. The average Bonchev–Trinajstić information content (AvgIpc) is 2.49. The first-order chi connectivity index (χ1) is 9.79. The molecule has 2 rings (SSSR count). The predicted molar refractivity (Wildman–Crippen MR) is 82.6 cm³/mol. The van der Waals surface area contributed by atoms with Crippen molar-refractivity contribution in [3.63, 3.8) is 0 Å². The number of hydrogen-bond acceptors (Lipinski definition) is 4. The summed E-state index contributed by atoms with van der Waals surface area (Å²) in [5.74, 6) is 1.32. The van der Waals surface area contributed by atoms with Crippen LogP contribution in [0.3, 0.4) is 0 Å². The Morgan fingerprint density at radius 2 is 1.80 bits per heavy atom. The Hall–Kier alpha value is -1.49. The molecule has 0 atom stereocenters. The van der Waals surface area contributed by atoms with Crippen LogP contribution in [0.1, 0.15) is 32.6 Å². The molecular formula is C15H18BrN3O. The zero-order chi connectivity index (χ0) is 14.2. The Kier molecular flexibility index (Phi) is 5.92. The lowest BCUT2D eigenvalue weighted by Gasteiger charge is -2.05. The van der Waals surface area contributed by atoms with Gasteiger partial charge in [0.2, 0.25) is 5.88 Å². The zero-order valence-electron chi connectivity index (χ0n) is 11.6. The number of unbranched alkanes of at least 4 members (excludes halogenated alkanes) is 3. The molecule has 0 bridgehead atoms. The summed E-state index contributed by atoms with van der Waals surface area (Å²) in [6.07, 6.45) is 9.97. The minimum Gasteiger partial charge on any atom is -0.478 e. The molecule has 20 heavy (non-hydrogen) atoms. The standard InChI is InChI=1S/C15H18BrN3O/c1-2-3-4-5-8-20-14-7-6-12(9-17-14)15-18-10-13(16)11-19-15/h6-7,9-11H,2-5,8H2,1H3. The number of hydrogen-bond donors (Lipinski definition) is 0. The van der Waals surface area contributed by atoms with Gasteiger partial charge in [-0.1, -0.05) is 26.2 Å². The van der Waals surface area contributed by atoms with Gasteiger partial charge in [0.05, 0.1) is 11.1 Å². The fraction of sp³-hybridized carbons (Fsp3) is 0.400. The molecule has 0 fully saturated rings. The molecule has 0 saturated heterocycles. The average molecular weight is 336 g/mol. The van der Waals surface area contributed by atoms with E-state index in [9.17, 15) is 0 Å². The van der Waals surface area contributed by atoms with Gasteiger partial charge in [-0.2, -0.15) is 0 Å². The molecule has 2 aromatic heterocycles. The van der Waals surface area contributed by atoms with Gasteiger partial charge in [0.1, 0.15) is 0 Å². The Labute approximate surface area is 127 Å². The third-order valence-electron chi connectivity index (χ3n) is 2.86. The Morgan fingerprint density at radius 3 is 2.45 bits per heavy atom. The van der Waals surface area contributed by atoms with E-state index in [1.165, 1.54) is 19.3 Å². The summed E-state index contributed by atoms with van der Waals surface area (Å²) in [6.45, 7) is 2.92. The molecule has 5 heteroatoms. The highest BCUT2D eigenvalue weighted by atomic mass is 79.9. The molecular weight excluding hydrogens is 318 g/mol. The molecule has 2 heterocycles. The van der Waals surface area contributed by atoms with Crippen molar-refractivity contribution in [3.8, 4) is 17.3 Å². The lowest BCUT2D eigenvalue weighted by atomic mass is 10.2. The third kappa shape index (κ3) is 4.56. The smallest absolute Gasteiger partial charge is 0.213 e. The molecule has 0 saturated carbocycles. The van der Waals surface area contributed by atoms with E-state index in [4.69, 9.17) is 4.74 Å². The summed E-state index contributed by atoms with van der Waals surface area (Å²) in [6, 6.07) is 3.79. The lowest BCUT2D eigenvalue weighted by Crippen LogP contribution is -1.99. The van der Waals surface area contributed by atoms with E-state index >= 15 is 0 Å². The monoisotopic (exact) mass is 335 g/mol. The van der Waals surface area contributed by atoms with Gasteiger partial charge in [0, 0.05) is 30.2 Å². The highest BCUT2D eigenvalue weighted by Gasteiger charge is 2.02. The van der Waals surface area contributed by atoms with E-state index in [1.807, 2.05) is 12.1 Å². The summed E-state index contributed by atoms with van der Waals surface area (Å²) >= 11 is 3.32. The number of ether oxygens (including phenoxy) is 1. The molecule has 0 aliphatic rings. The van der Waals surface area contributed by atoms with E-state index in [1.54, 1.807) is 18.6 Å². The lowest BCUT2D eigenvalue weighted by molar-refractivity contribution is 0.294. The van der Waals surface area contributed by atoms with Gasteiger partial charge in [-0.3, -0.25) is 0 Å². The quantitative estimate of drug-likeness (QED) is 0.709. The van der Waals surface area contributed by atoms with Gasteiger partial charge < -0.3 is 4.74 Å². The number of pyridine rings is 1. The molecule has 0 amide bonds. The fourth-order valence-electron chi connectivity index (χ4n) is 1.76. The van der Waals surface area contributed by atoms with E-state index in [2.05, 4.69) is 37.8 Å². The van der Waals surface area contributed by atoms with Gasteiger partial charge in [0.15, 0.2) is 5.82 Å². The van der Waals surface area contributed by atoms with Crippen LogP contribution in [0, 0.1) is 0 Å². The number of rotatable bonds is 7. The molecule has 0 aliphatic carbocycles. The van der Waals surface area contributed by atoms with Crippen LogP contribution in [0.25, 0.3) is 11.4 Å². The summed E-state index contributed by atoms with van der Waals surface area (Å²) in [4.78, 5) is 12.8. The zero-order valence-corrected chi connectivity index (χ0v) is 13.1. The predicted octanol–water partition coefficient (Wildman–Crippen LogP) is 4.26. The van der Waals surface area contributed by atoms with Gasteiger partial charge in [-0.25, -0.2) is 15.0 Å². The van der Waals surface area contributed by atoms with Crippen molar-refractivity contribution < 1.29 is 4.74 Å². The number of nitrogens with zero attached hydrogens (tertiary/aromatic N) is 3. The van der Waals surface area contributed by atoms with E-state index in [0.717, 1.165) is 23.1 Å². The molecule has 0 N–H and O–H groups in total. The third-order valence-corrected chi connectivity index (χ3v) is 3.27. The van der Waals surface area contributed by atoms with Crippen molar-refractivity contribution >= 4 is 15.9 Å². The van der Waals surface area contributed by atoms with E-state index in [-0.39, 0.29) is 0 Å².